The van der Waals surface area contributed by atoms with E-state index in [1.807, 2.05) is 72.8 Å². The molecule has 0 radical (unpaired) electrons. The van der Waals surface area contributed by atoms with Gasteiger partial charge in [-0.1, -0.05) is 182 Å². The molecule has 6 rings (SSSR count). The largest absolute Gasteiger partial charge is 0.507 e. The Kier molecular flexibility index (Phi) is 16.5. The zero-order valence-corrected chi connectivity index (χ0v) is 29.3. The third-order valence-corrected chi connectivity index (χ3v) is 7.19. The Morgan fingerprint density at radius 2 is 0.442 bits per heavy atom. The van der Waals surface area contributed by atoms with E-state index in [1.54, 1.807) is 109 Å². The quantitative estimate of drug-likeness (QED) is 0.0778. The first kappa shape index (κ1) is 39.9. The molecule has 0 heterocycles. The zero-order valence-electron chi connectivity index (χ0n) is 28.0. The smallest absolute Gasteiger partial charge is 0.189 e. The van der Waals surface area contributed by atoms with Crippen LogP contribution in [-0.4, -0.2) is 32.7 Å². The van der Waals surface area contributed by atoms with E-state index >= 15 is 0 Å². The van der Waals surface area contributed by atoms with Gasteiger partial charge in [-0.3, -0.25) is 14.4 Å². The third-order valence-electron chi connectivity index (χ3n) is 7.19. The number of carbonyl (C=O) groups is 3. The summed E-state index contributed by atoms with van der Waals surface area (Å²) in [4.78, 5) is 35.4. The van der Waals surface area contributed by atoms with E-state index in [1.165, 1.54) is 18.2 Å². The predicted molar refractivity (Wildman–Crippen MR) is 203 cm³/mol. The number of rotatable bonds is 9. The van der Waals surface area contributed by atoms with Crippen LogP contribution in [0.1, 0.15) is 47.8 Å². The van der Waals surface area contributed by atoms with Gasteiger partial charge in [0.2, 0.25) is 0 Å². The molecule has 258 valence electrons. The maximum Gasteiger partial charge on any atom is 0.189 e. The van der Waals surface area contributed by atoms with E-state index in [0.29, 0.717) is 33.4 Å². The molecule has 52 heavy (non-hydrogen) atoms. The second-order valence-electron chi connectivity index (χ2n) is 10.9. The van der Waals surface area contributed by atoms with Crippen LogP contribution in [0.2, 0.25) is 0 Å². The molecule has 6 nitrogen and oxygen atoms in total. The summed E-state index contributed by atoms with van der Waals surface area (Å²) in [7, 11) is 0. The molecule has 0 fully saturated rings. The van der Waals surface area contributed by atoms with Gasteiger partial charge >= 0.3 is 0 Å². The van der Waals surface area contributed by atoms with Crippen molar-refractivity contribution >= 4 is 34.6 Å². The fraction of sp³-hybridized carbons (Fsp3) is 0. The molecule has 0 aromatic heterocycles. The topological polar surface area (TPSA) is 112 Å². The van der Waals surface area contributed by atoms with Crippen LogP contribution in [0.15, 0.2) is 200 Å². The van der Waals surface area contributed by atoms with Crippen LogP contribution in [0.25, 0.3) is 17.3 Å². The van der Waals surface area contributed by atoms with Crippen LogP contribution in [0, 0.1) is 0 Å². The van der Waals surface area contributed by atoms with E-state index in [9.17, 15) is 29.7 Å². The maximum atomic E-state index is 11.8. The minimum absolute atomic E-state index is 0. The second kappa shape index (κ2) is 21.5. The van der Waals surface area contributed by atoms with Gasteiger partial charge < -0.3 is 15.3 Å². The molecule has 0 aliphatic carbocycles. The van der Waals surface area contributed by atoms with Crippen molar-refractivity contribution in [2.75, 3.05) is 0 Å². The van der Waals surface area contributed by atoms with Crippen LogP contribution in [-0.2, 0) is 17.4 Å². The number of aliphatic hydroxyl groups excluding tert-OH is 3. The van der Waals surface area contributed by atoms with Gasteiger partial charge in [0.05, 0.1) is 0 Å². The number of aliphatic hydroxyl groups is 3. The molecule has 7 heteroatoms. The average molecular weight is 725 g/mol. The van der Waals surface area contributed by atoms with Crippen molar-refractivity contribution in [1.29, 1.82) is 0 Å². The fourth-order valence-corrected chi connectivity index (χ4v) is 4.51. The Morgan fingerprint density at radius 1 is 0.288 bits per heavy atom. The number of benzene rings is 6. The fourth-order valence-electron chi connectivity index (χ4n) is 4.51. The maximum absolute atomic E-state index is 11.8. The van der Waals surface area contributed by atoms with Gasteiger partial charge in [0.1, 0.15) is 17.3 Å². The van der Waals surface area contributed by atoms with Crippen LogP contribution < -0.4 is 0 Å². The summed E-state index contributed by atoms with van der Waals surface area (Å²) in [5.74, 6) is -0.649. The Balaban J connectivity index is 0.000000208. The third kappa shape index (κ3) is 13.1. The minimum atomic E-state index is -0.202. The molecule has 0 saturated heterocycles. The van der Waals surface area contributed by atoms with E-state index in [-0.39, 0.29) is 52.0 Å². The number of ketones is 3. The summed E-state index contributed by atoms with van der Waals surface area (Å²) < 4.78 is 0. The van der Waals surface area contributed by atoms with E-state index in [2.05, 4.69) is 0 Å². The van der Waals surface area contributed by atoms with E-state index in [0.717, 1.165) is 0 Å². The molecule has 0 aliphatic heterocycles. The van der Waals surface area contributed by atoms with Crippen molar-refractivity contribution < 1.29 is 47.1 Å². The average Bonchev–Trinajstić information content (AvgIpc) is 3.20. The van der Waals surface area contributed by atoms with Crippen molar-refractivity contribution in [1.82, 2.24) is 0 Å². The number of hydrogen-bond donors (Lipinski definition) is 3. The van der Waals surface area contributed by atoms with Gasteiger partial charge in [0.25, 0.3) is 0 Å². The first-order valence-corrected chi connectivity index (χ1v) is 16.0. The first-order valence-electron chi connectivity index (χ1n) is 16.0. The van der Waals surface area contributed by atoms with Crippen LogP contribution in [0.3, 0.4) is 0 Å². The first-order chi connectivity index (χ1) is 24.8. The molecule has 6 aromatic carbocycles. The summed E-state index contributed by atoms with van der Waals surface area (Å²) in [6, 6.07) is 53.6. The molecule has 6 aromatic rings. The Morgan fingerprint density at radius 3 is 0.615 bits per heavy atom. The van der Waals surface area contributed by atoms with Crippen LogP contribution in [0.4, 0.5) is 0 Å². The molecule has 0 spiro atoms. The molecule has 0 aliphatic rings. The number of hydrogen-bond acceptors (Lipinski definition) is 6. The Bertz CT molecular complexity index is 1830. The SMILES string of the molecule is O=C(/C=C(\O)c1ccccc1)c1ccccc1.O=C(/C=C(\O)c1ccccc1)c1ccccc1.O=C(/C=C(\O)c1ccccc1)c1ccccc1.[Cr]. The Hall–Kier alpha value is -6.52. The predicted octanol–water partition coefficient (Wildman–Crippen LogP) is 10.4. The molecule has 0 bridgehead atoms. The Labute approximate surface area is 314 Å². The second-order valence-corrected chi connectivity index (χ2v) is 10.9. The van der Waals surface area contributed by atoms with Gasteiger partial charge in [0, 0.05) is 69.0 Å². The molecular weight excluding hydrogens is 688 g/mol. The van der Waals surface area contributed by atoms with E-state index < -0.39 is 0 Å². The van der Waals surface area contributed by atoms with Crippen molar-refractivity contribution in [2.24, 2.45) is 0 Å². The summed E-state index contributed by atoms with van der Waals surface area (Å²) in [5.41, 5.74) is 3.60. The minimum Gasteiger partial charge on any atom is -0.507 e. The number of allylic oxidation sites excluding steroid dienone is 3. The van der Waals surface area contributed by atoms with Crippen molar-refractivity contribution in [3.63, 3.8) is 0 Å². The van der Waals surface area contributed by atoms with Crippen molar-refractivity contribution in [3.05, 3.63) is 234 Å². The molecule has 0 amide bonds. The molecule has 0 atom stereocenters. The van der Waals surface area contributed by atoms with E-state index in [4.69, 9.17) is 0 Å². The molecule has 0 saturated carbocycles. The van der Waals surface area contributed by atoms with Gasteiger partial charge in [0.15, 0.2) is 17.3 Å². The molecule has 3 N–H and O–H groups in total. The van der Waals surface area contributed by atoms with Gasteiger partial charge in [-0.2, -0.15) is 0 Å². The standard InChI is InChI=1S/3C15H12O2.Cr/c3*16-14(12-7-3-1-4-8-12)11-15(17)13-9-5-2-6-10-13;/h3*1-11,16H;/b3*14-11-;. The summed E-state index contributed by atoms with van der Waals surface area (Å²) >= 11 is 0. The summed E-state index contributed by atoms with van der Waals surface area (Å²) in [6.45, 7) is 0. The molecule has 0 unspecified atom stereocenters. The summed E-state index contributed by atoms with van der Waals surface area (Å²) in [5, 5.41) is 29.4. The monoisotopic (exact) mass is 724 g/mol. The zero-order chi connectivity index (χ0) is 36.3. The van der Waals surface area contributed by atoms with Crippen LogP contribution in [0.5, 0.6) is 0 Å². The van der Waals surface area contributed by atoms with Crippen LogP contribution >= 0.6 is 0 Å². The van der Waals surface area contributed by atoms with Crippen molar-refractivity contribution in [2.45, 2.75) is 0 Å². The number of carbonyl (C=O) groups excluding carboxylic acids is 3. The van der Waals surface area contributed by atoms with Gasteiger partial charge in [-0.25, -0.2) is 0 Å². The summed E-state index contributed by atoms with van der Waals surface area (Å²) in [6.07, 6.45) is 3.72. The van der Waals surface area contributed by atoms with Gasteiger partial charge in [-0.05, 0) is 0 Å². The normalized spacial score (nSPS) is 11.0. The van der Waals surface area contributed by atoms with Crippen molar-refractivity contribution in [3.8, 4) is 0 Å². The van der Waals surface area contributed by atoms with Gasteiger partial charge in [-0.15, -0.1) is 0 Å². The molecular formula is C45H36CrO6.